The van der Waals surface area contributed by atoms with Crippen LogP contribution in [0.2, 0.25) is 0 Å². The van der Waals surface area contributed by atoms with Crippen LogP contribution in [0.25, 0.3) is 27.8 Å². The number of benzene rings is 2. The van der Waals surface area contributed by atoms with Crippen LogP contribution in [0.1, 0.15) is 0 Å². The molecule has 0 radical (unpaired) electrons. The summed E-state index contributed by atoms with van der Waals surface area (Å²) in [7, 11) is 3.26. The molecule has 5 heteroatoms. The minimum atomic E-state index is 0.699. The highest BCUT2D eigenvalue weighted by Gasteiger charge is 2.09. The molecular weight excluding hydrogens is 326 g/mol. The second-order valence-electron chi connectivity index (χ2n) is 5.98. The van der Waals surface area contributed by atoms with Crippen LogP contribution in [-0.4, -0.2) is 23.8 Å². The van der Waals surface area contributed by atoms with Crippen molar-refractivity contribution in [3.8, 4) is 28.3 Å². The van der Waals surface area contributed by atoms with Gasteiger partial charge in [-0.2, -0.15) is 0 Å². The molecule has 2 heterocycles. The number of rotatable bonds is 4. The van der Waals surface area contributed by atoms with Crippen molar-refractivity contribution in [2.24, 2.45) is 0 Å². The van der Waals surface area contributed by atoms with Crippen LogP contribution < -0.4 is 15.2 Å². The fourth-order valence-electron chi connectivity index (χ4n) is 3.04. The van der Waals surface area contributed by atoms with E-state index >= 15 is 0 Å². The molecule has 0 aliphatic heterocycles. The van der Waals surface area contributed by atoms with Crippen LogP contribution in [-0.2, 0) is 0 Å². The number of methoxy groups -OCH3 is 2. The van der Waals surface area contributed by atoms with E-state index in [-0.39, 0.29) is 0 Å². The lowest BCUT2D eigenvalue weighted by atomic mass is 10.1. The summed E-state index contributed by atoms with van der Waals surface area (Å²) in [5, 5.41) is 1.06. The minimum Gasteiger partial charge on any atom is -0.493 e. The zero-order chi connectivity index (χ0) is 18.1. The summed E-state index contributed by atoms with van der Waals surface area (Å²) in [5.74, 6) is 1.41. The van der Waals surface area contributed by atoms with Crippen molar-refractivity contribution in [3.63, 3.8) is 0 Å². The Balaban J connectivity index is 1.76. The highest BCUT2D eigenvalue weighted by Crippen LogP contribution is 2.33. The lowest BCUT2D eigenvalue weighted by molar-refractivity contribution is 0.355. The molecule has 26 heavy (non-hydrogen) atoms. The molecule has 5 nitrogen and oxygen atoms in total. The van der Waals surface area contributed by atoms with E-state index in [1.807, 2.05) is 59.4 Å². The largest absolute Gasteiger partial charge is 0.493 e. The van der Waals surface area contributed by atoms with Crippen molar-refractivity contribution >= 4 is 16.7 Å². The van der Waals surface area contributed by atoms with Gasteiger partial charge in [0.15, 0.2) is 11.5 Å². The molecule has 130 valence electrons. The lowest BCUT2D eigenvalue weighted by Crippen LogP contribution is -1.95. The molecule has 0 fully saturated rings. The molecule has 0 amide bonds. The number of hydrogen-bond acceptors (Lipinski definition) is 4. The summed E-state index contributed by atoms with van der Waals surface area (Å²) >= 11 is 0. The summed E-state index contributed by atoms with van der Waals surface area (Å²) in [6.07, 6.45) is 3.89. The predicted octanol–water partition coefficient (Wildman–Crippen LogP) is 4.29. The molecular formula is C21H19N3O2. The number of pyridine rings is 1. The number of nitrogen functional groups attached to an aromatic ring is 1. The first-order valence-electron chi connectivity index (χ1n) is 8.25. The Bertz CT molecular complexity index is 1070. The molecule has 0 saturated heterocycles. The molecule has 0 unspecified atom stereocenters. The Morgan fingerprint density at radius 2 is 1.62 bits per heavy atom. The molecule has 0 aliphatic carbocycles. The average Bonchev–Trinajstić information content (AvgIpc) is 3.11. The Morgan fingerprint density at radius 3 is 2.35 bits per heavy atom. The van der Waals surface area contributed by atoms with E-state index in [0.29, 0.717) is 11.5 Å². The standard InChI is InChI=1S/C21H19N3O2/c1-25-19-8-3-14(12-20(19)26-2)16-11-15-9-10-24(21(15)23-13-16)18-6-4-17(22)5-7-18/h3-13H,22H2,1-2H3. The number of nitrogens with two attached hydrogens (primary N) is 1. The monoisotopic (exact) mass is 345 g/mol. The first kappa shape index (κ1) is 16.0. The third kappa shape index (κ3) is 2.73. The van der Waals surface area contributed by atoms with E-state index in [4.69, 9.17) is 15.2 Å². The number of anilines is 1. The molecule has 0 saturated carbocycles. The number of fused-ring (bicyclic) bond motifs is 1. The van der Waals surface area contributed by atoms with Crippen LogP contribution in [0.15, 0.2) is 67.0 Å². The van der Waals surface area contributed by atoms with Gasteiger partial charge in [-0.05, 0) is 54.1 Å². The van der Waals surface area contributed by atoms with Gasteiger partial charge in [-0.15, -0.1) is 0 Å². The molecule has 4 aromatic rings. The highest BCUT2D eigenvalue weighted by molar-refractivity contribution is 5.83. The minimum absolute atomic E-state index is 0.699. The first-order chi connectivity index (χ1) is 12.7. The molecule has 0 atom stereocenters. The number of aromatic nitrogens is 2. The van der Waals surface area contributed by atoms with Gasteiger partial charge >= 0.3 is 0 Å². The van der Waals surface area contributed by atoms with Crippen molar-refractivity contribution < 1.29 is 9.47 Å². The van der Waals surface area contributed by atoms with Gasteiger partial charge in [0.25, 0.3) is 0 Å². The molecule has 2 N–H and O–H groups in total. The second-order valence-corrected chi connectivity index (χ2v) is 5.98. The van der Waals surface area contributed by atoms with Crippen LogP contribution in [0.4, 0.5) is 5.69 Å². The van der Waals surface area contributed by atoms with Crippen molar-refractivity contribution in [2.75, 3.05) is 20.0 Å². The van der Waals surface area contributed by atoms with Crippen molar-refractivity contribution in [3.05, 3.63) is 67.0 Å². The Labute approximate surface area is 151 Å². The van der Waals surface area contributed by atoms with Crippen LogP contribution >= 0.6 is 0 Å². The summed E-state index contributed by atoms with van der Waals surface area (Å²) in [6, 6.07) is 17.8. The molecule has 0 aliphatic rings. The Kier molecular flexibility index (Phi) is 3.97. The van der Waals surface area contributed by atoms with Crippen LogP contribution in [0, 0.1) is 0 Å². The van der Waals surface area contributed by atoms with E-state index in [1.54, 1.807) is 14.2 Å². The molecule has 2 aromatic heterocycles. The van der Waals surface area contributed by atoms with Gasteiger partial charge in [0.05, 0.1) is 14.2 Å². The fraction of sp³-hybridized carbons (Fsp3) is 0.0952. The van der Waals surface area contributed by atoms with Gasteiger partial charge in [-0.3, -0.25) is 0 Å². The Hall–Kier alpha value is -3.47. The fourth-order valence-corrected chi connectivity index (χ4v) is 3.04. The van der Waals surface area contributed by atoms with Gasteiger partial charge in [0, 0.05) is 34.7 Å². The number of hydrogen-bond donors (Lipinski definition) is 1. The van der Waals surface area contributed by atoms with Gasteiger partial charge in [0.2, 0.25) is 0 Å². The van der Waals surface area contributed by atoms with E-state index in [2.05, 4.69) is 17.1 Å². The SMILES string of the molecule is COc1ccc(-c2cnc3c(ccn3-c3ccc(N)cc3)c2)cc1OC. The lowest BCUT2D eigenvalue weighted by Gasteiger charge is -2.10. The summed E-state index contributed by atoms with van der Waals surface area (Å²) < 4.78 is 12.8. The maximum absolute atomic E-state index is 5.78. The summed E-state index contributed by atoms with van der Waals surface area (Å²) in [5.41, 5.74) is 10.5. The van der Waals surface area contributed by atoms with Crippen molar-refractivity contribution in [1.29, 1.82) is 0 Å². The van der Waals surface area contributed by atoms with Crippen LogP contribution in [0.5, 0.6) is 11.5 Å². The van der Waals surface area contributed by atoms with Gasteiger partial charge in [0.1, 0.15) is 5.65 Å². The molecule has 4 rings (SSSR count). The zero-order valence-corrected chi connectivity index (χ0v) is 14.6. The van der Waals surface area contributed by atoms with Gasteiger partial charge in [-0.1, -0.05) is 6.07 Å². The highest BCUT2D eigenvalue weighted by atomic mass is 16.5. The zero-order valence-electron chi connectivity index (χ0n) is 14.6. The van der Waals surface area contributed by atoms with Crippen LogP contribution in [0.3, 0.4) is 0 Å². The second kappa shape index (κ2) is 6.44. The number of nitrogens with zero attached hydrogens (tertiary/aromatic N) is 2. The topological polar surface area (TPSA) is 62.3 Å². The maximum Gasteiger partial charge on any atom is 0.161 e. The summed E-state index contributed by atoms with van der Waals surface area (Å²) in [6.45, 7) is 0. The van der Waals surface area contributed by atoms with Crippen molar-refractivity contribution in [1.82, 2.24) is 9.55 Å². The van der Waals surface area contributed by atoms with Gasteiger partial charge < -0.3 is 19.8 Å². The van der Waals surface area contributed by atoms with E-state index in [0.717, 1.165) is 33.5 Å². The predicted molar refractivity (Wildman–Crippen MR) is 104 cm³/mol. The molecule has 2 aromatic carbocycles. The average molecular weight is 345 g/mol. The van der Waals surface area contributed by atoms with Crippen molar-refractivity contribution in [2.45, 2.75) is 0 Å². The maximum atomic E-state index is 5.78. The number of ether oxygens (including phenoxy) is 2. The van der Waals surface area contributed by atoms with Gasteiger partial charge in [-0.25, -0.2) is 4.98 Å². The molecule has 0 spiro atoms. The third-order valence-electron chi connectivity index (χ3n) is 4.41. The van der Waals surface area contributed by atoms with E-state index in [9.17, 15) is 0 Å². The van der Waals surface area contributed by atoms with E-state index < -0.39 is 0 Å². The Morgan fingerprint density at radius 1 is 0.846 bits per heavy atom. The third-order valence-corrected chi connectivity index (χ3v) is 4.41. The normalized spacial score (nSPS) is 10.8. The quantitative estimate of drug-likeness (QED) is 0.560. The smallest absolute Gasteiger partial charge is 0.161 e. The first-order valence-corrected chi connectivity index (χ1v) is 8.25. The van der Waals surface area contributed by atoms with E-state index in [1.165, 1.54) is 0 Å². The summed E-state index contributed by atoms with van der Waals surface area (Å²) in [4.78, 5) is 4.67. The molecule has 0 bridgehead atoms.